The second-order valence-electron chi connectivity index (χ2n) is 7.60. The number of unbranched alkanes of at least 4 members (excludes halogenated alkanes) is 2. The Morgan fingerprint density at radius 3 is 1.45 bits per heavy atom. The van der Waals surface area contributed by atoms with Crippen molar-refractivity contribution in [3.05, 3.63) is 11.4 Å². The Balaban J connectivity index is 3.09. The SMILES string of the molecule is CCCCC(CC)COc1c(C(=O)O)[nH]c(C(=O)O)c1OCC(CC)CCCC. The van der Waals surface area contributed by atoms with Crippen molar-refractivity contribution in [3.8, 4) is 11.5 Å². The van der Waals surface area contributed by atoms with E-state index in [0.29, 0.717) is 13.2 Å². The molecule has 0 amide bonds. The lowest BCUT2D eigenvalue weighted by molar-refractivity contribution is 0.0682. The molecule has 2 unspecified atom stereocenters. The van der Waals surface area contributed by atoms with Crippen LogP contribution in [0.2, 0.25) is 0 Å². The molecule has 0 aliphatic heterocycles. The van der Waals surface area contributed by atoms with Gasteiger partial charge in [-0.1, -0.05) is 66.2 Å². The van der Waals surface area contributed by atoms with E-state index in [9.17, 15) is 19.8 Å². The third kappa shape index (κ3) is 7.63. The summed E-state index contributed by atoms with van der Waals surface area (Å²) in [6.45, 7) is 9.04. The highest BCUT2D eigenvalue weighted by Gasteiger charge is 2.29. The number of hydrogen-bond acceptors (Lipinski definition) is 4. The zero-order chi connectivity index (χ0) is 21.8. The summed E-state index contributed by atoms with van der Waals surface area (Å²) in [5, 5.41) is 19.1. The van der Waals surface area contributed by atoms with Gasteiger partial charge in [-0.15, -0.1) is 0 Å². The van der Waals surface area contributed by atoms with E-state index in [-0.39, 0.29) is 34.7 Å². The molecular weight excluding hydrogens is 374 g/mol. The maximum absolute atomic E-state index is 11.7. The third-order valence-electron chi connectivity index (χ3n) is 5.35. The molecule has 0 radical (unpaired) electrons. The van der Waals surface area contributed by atoms with Crippen molar-refractivity contribution in [2.75, 3.05) is 13.2 Å². The Labute approximate surface area is 173 Å². The van der Waals surface area contributed by atoms with Gasteiger partial charge in [-0.3, -0.25) is 0 Å². The highest BCUT2D eigenvalue weighted by Crippen LogP contribution is 2.37. The fraction of sp³-hybridized carbons (Fsp3) is 0.727. The van der Waals surface area contributed by atoms with Crippen LogP contribution in [0.1, 0.15) is 100 Å². The molecule has 0 aromatic carbocycles. The van der Waals surface area contributed by atoms with Crippen LogP contribution in [-0.4, -0.2) is 40.3 Å². The van der Waals surface area contributed by atoms with Crippen LogP contribution in [0.5, 0.6) is 11.5 Å². The number of aromatic carboxylic acids is 2. The van der Waals surface area contributed by atoms with Crippen molar-refractivity contribution in [2.45, 2.75) is 79.1 Å². The van der Waals surface area contributed by atoms with Crippen LogP contribution in [-0.2, 0) is 0 Å². The average molecular weight is 412 g/mol. The van der Waals surface area contributed by atoms with Gasteiger partial charge >= 0.3 is 11.9 Å². The lowest BCUT2D eigenvalue weighted by Crippen LogP contribution is -2.15. The minimum atomic E-state index is -1.27. The van der Waals surface area contributed by atoms with E-state index >= 15 is 0 Å². The molecule has 0 spiro atoms. The van der Waals surface area contributed by atoms with E-state index in [1.165, 1.54) is 0 Å². The van der Waals surface area contributed by atoms with E-state index in [1.54, 1.807) is 0 Å². The molecule has 1 aromatic heterocycles. The minimum Gasteiger partial charge on any atom is -0.487 e. The van der Waals surface area contributed by atoms with Crippen molar-refractivity contribution in [2.24, 2.45) is 11.8 Å². The zero-order valence-electron chi connectivity index (χ0n) is 18.3. The maximum atomic E-state index is 11.7. The fourth-order valence-corrected chi connectivity index (χ4v) is 3.24. The Morgan fingerprint density at radius 1 is 0.793 bits per heavy atom. The van der Waals surface area contributed by atoms with Gasteiger partial charge in [0.1, 0.15) is 0 Å². The van der Waals surface area contributed by atoms with Crippen LogP contribution in [0.25, 0.3) is 0 Å². The topological polar surface area (TPSA) is 109 Å². The van der Waals surface area contributed by atoms with Gasteiger partial charge in [0.15, 0.2) is 22.9 Å². The van der Waals surface area contributed by atoms with Crippen molar-refractivity contribution in [1.82, 2.24) is 4.98 Å². The molecule has 0 bridgehead atoms. The smallest absolute Gasteiger partial charge is 0.356 e. The van der Waals surface area contributed by atoms with Crippen LogP contribution in [0.4, 0.5) is 0 Å². The molecule has 1 heterocycles. The summed E-state index contributed by atoms with van der Waals surface area (Å²) in [6, 6.07) is 0. The van der Waals surface area contributed by atoms with Gasteiger partial charge in [0.2, 0.25) is 0 Å². The summed E-state index contributed by atoms with van der Waals surface area (Å²) >= 11 is 0. The number of nitrogens with one attached hydrogen (secondary N) is 1. The number of carboxylic acids is 2. The molecule has 3 N–H and O–H groups in total. The first kappa shape index (κ1) is 24.9. The first-order valence-electron chi connectivity index (χ1n) is 10.9. The van der Waals surface area contributed by atoms with Crippen molar-refractivity contribution in [1.29, 1.82) is 0 Å². The Morgan fingerprint density at radius 2 is 1.17 bits per heavy atom. The predicted octanol–water partition coefficient (Wildman–Crippen LogP) is 5.60. The number of rotatable bonds is 16. The highest BCUT2D eigenvalue weighted by atomic mass is 16.5. The lowest BCUT2D eigenvalue weighted by atomic mass is 10.0. The molecule has 0 fully saturated rings. The predicted molar refractivity (Wildman–Crippen MR) is 112 cm³/mol. The Hall–Kier alpha value is -2.18. The van der Waals surface area contributed by atoms with Gasteiger partial charge < -0.3 is 24.7 Å². The second-order valence-corrected chi connectivity index (χ2v) is 7.60. The first-order valence-corrected chi connectivity index (χ1v) is 10.9. The quantitative estimate of drug-likeness (QED) is 0.327. The molecule has 29 heavy (non-hydrogen) atoms. The summed E-state index contributed by atoms with van der Waals surface area (Å²) in [6.07, 6.45) is 8.07. The van der Waals surface area contributed by atoms with E-state index in [2.05, 4.69) is 32.7 Å². The number of hydrogen-bond donors (Lipinski definition) is 3. The van der Waals surface area contributed by atoms with Crippen molar-refractivity contribution < 1.29 is 29.3 Å². The summed E-state index contributed by atoms with van der Waals surface area (Å²) in [7, 11) is 0. The summed E-state index contributed by atoms with van der Waals surface area (Å²) < 4.78 is 11.7. The Bertz CT molecular complexity index is 587. The largest absolute Gasteiger partial charge is 0.487 e. The summed E-state index contributed by atoms with van der Waals surface area (Å²) in [4.78, 5) is 25.8. The second kappa shape index (κ2) is 13.1. The van der Waals surface area contributed by atoms with Gasteiger partial charge in [-0.25, -0.2) is 9.59 Å². The summed E-state index contributed by atoms with van der Waals surface area (Å²) in [5.74, 6) is -1.99. The molecule has 166 valence electrons. The van der Waals surface area contributed by atoms with Gasteiger partial charge in [0, 0.05) is 0 Å². The normalized spacial score (nSPS) is 13.1. The summed E-state index contributed by atoms with van der Waals surface area (Å²) in [5.41, 5.74) is -0.547. The molecule has 0 aliphatic carbocycles. The molecule has 1 aromatic rings. The number of carboxylic acid groups (broad SMARTS) is 2. The maximum Gasteiger partial charge on any atom is 0.356 e. The number of aromatic nitrogens is 1. The fourth-order valence-electron chi connectivity index (χ4n) is 3.24. The third-order valence-corrected chi connectivity index (χ3v) is 5.35. The zero-order valence-corrected chi connectivity index (χ0v) is 18.3. The van der Waals surface area contributed by atoms with E-state index in [4.69, 9.17) is 9.47 Å². The highest BCUT2D eigenvalue weighted by molar-refractivity contribution is 5.97. The van der Waals surface area contributed by atoms with Crippen LogP contribution >= 0.6 is 0 Å². The molecule has 1 rings (SSSR count). The van der Waals surface area contributed by atoms with Gasteiger partial charge in [0.05, 0.1) is 13.2 Å². The van der Waals surface area contributed by atoms with Crippen LogP contribution in [0.15, 0.2) is 0 Å². The molecule has 2 atom stereocenters. The minimum absolute atomic E-state index is 0.00445. The van der Waals surface area contributed by atoms with E-state index in [1.807, 2.05) is 0 Å². The van der Waals surface area contributed by atoms with Crippen LogP contribution < -0.4 is 9.47 Å². The first-order chi connectivity index (χ1) is 13.9. The van der Waals surface area contributed by atoms with E-state index < -0.39 is 11.9 Å². The monoisotopic (exact) mass is 411 g/mol. The molecule has 0 aliphatic rings. The number of carbonyl (C=O) groups is 2. The molecule has 7 heteroatoms. The number of H-pyrrole nitrogens is 1. The average Bonchev–Trinajstić information content (AvgIpc) is 3.07. The standard InChI is InChI=1S/C22H37NO6/c1-5-9-11-15(7-3)13-28-19-17(21(24)25)23-18(22(26)27)20(19)29-14-16(8-4)12-10-6-2/h15-16,23H,5-14H2,1-4H3,(H,24,25)(H,26,27). The van der Waals surface area contributed by atoms with Crippen LogP contribution in [0.3, 0.4) is 0 Å². The van der Waals surface area contributed by atoms with Gasteiger partial charge in [0.25, 0.3) is 0 Å². The van der Waals surface area contributed by atoms with Gasteiger partial charge in [-0.05, 0) is 24.7 Å². The lowest BCUT2D eigenvalue weighted by Gasteiger charge is -2.18. The molecule has 0 saturated carbocycles. The molecular formula is C22H37NO6. The van der Waals surface area contributed by atoms with E-state index in [0.717, 1.165) is 51.4 Å². The van der Waals surface area contributed by atoms with Crippen molar-refractivity contribution >= 4 is 11.9 Å². The molecule has 7 nitrogen and oxygen atoms in total. The van der Waals surface area contributed by atoms with Gasteiger partial charge in [-0.2, -0.15) is 0 Å². The Kier molecular flexibility index (Phi) is 11.2. The molecule has 0 saturated heterocycles. The van der Waals surface area contributed by atoms with Crippen LogP contribution in [0, 0.1) is 11.8 Å². The number of ether oxygens (including phenoxy) is 2. The number of aromatic amines is 1. The van der Waals surface area contributed by atoms with Crippen molar-refractivity contribution in [3.63, 3.8) is 0 Å².